The molecule has 0 heterocycles. The number of hydrogen-bond donors (Lipinski definition) is 1. The van der Waals surface area contributed by atoms with Gasteiger partial charge in [-0.15, -0.1) is 0 Å². The number of aromatic hydroxyl groups is 1. The van der Waals surface area contributed by atoms with Crippen molar-refractivity contribution in [2.75, 3.05) is 6.61 Å². The third-order valence-electron chi connectivity index (χ3n) is 3.93. The van der Waals surface area contributed by atoms with E-state index < -0.39 is 5.41 Å². The first-order chi connectivity index (χ1) is 9.42. The van der Waals surface area contributed by atoms with E-state index >= 15 is 0 Å². The largest absolute Gasteiger partial charge is 0.508 e. The molecule has 1 N–H and O–H groups in total. The van der Waals surface area contributed by atoms with Gasteiger partial charge in [0.05, 0.1) is 12.0 Å². The molecule has 3 heteroatoms. The highest BCUT2D eigenvalue weighted by atomic mass is 16.5. The van der Waals surface area contributed by atoms with Crippen molar-refractivity contribution in [2.45, 2.75) is 52.9 Å². The average Bonchev–Trinajstić information content (AvgIpc) is 2.45. The summed E-state index contributed by atoms with van der Waals surface area (Å²) in [5.74, 6) is 0.406. The van der Waals surface area contributed by atoms with Crippen LogP contribution in [-0.4, -0.2) is 17.7 Å². The first-order valence-electron chi connectivity index (χ1n) is 7.39. The number of benzene rings is 1. The van der Waals surface area contributed by atoms with Gasteiger partial charge in [0.15, 0.2) is 0 Å². The van der Waals surface area contributed by atoms with E-state index in [9.17, 15) is 9.90 Å². The quantitative estimate of drug-likeness (QED) is 0.758. The maximum atomic E-state index is 12.2. The second kappa shape index (κ2) is 7.32. The maximum Gasteiger partial charge on any atom is 0.311 e. The summed E-state index contributed by atoms with van der Waals surface area (Å²) >= 11 is 0. The molecule has 112 valence electrons. The molecule has 0 aliphatic heterocycles. The summed E-state index contributed by atoms with van der Waals surface area (Å²) in [5.41, 5.74) is 0.678. The molecule has 1 rings (SSSR count). The number of phenolic OH excluding ortho intramolecular Hbond substituents is 1. The van der Waals surface area contributed by atoms with Crippen LogP contribution in [0.2, 0.25) is 0 Å². The van der Waals surface area contributed by atoms with E-state index in [1.165, 1.54) is 0 Å². The van der Waals surface area contributed by atoms with E-state index in [2.05, 4.69) is 6.92 Å². The van der Waals surface area contributed by atoms with Crippen LogP contribution < -0.4 is 0 Å². The van der Waals surface area contributed by atoms with Crippen LogP contribution in [0.25, 0.3) is 0 Å². The molecule has 0 spiro atoms. The van der Waals surface area contributed by atoms with Gasteiger partial charge in [-0.25, -0.2) is 0 Å². The smallest absolute Gasteiger partial charge is 0.311 e. The number of phenols is 1. The second-order valence-corrected chi connectivity index (χ2v) is 5.75. The highest BCUT2D eigenvalue weighted by molar-refractivity contribution is 5.76. The predicted molar refractivity (Wildman–Crippen MR) is 80.8 cm³/mol. The molecule has 0 aromatic heterocycles. The summed E-state index contributed by atoms with van der Waals surface area (Å²) in [7, 11) is 0. The zero-order valence-corrected chi connectivity index (χ0v) is 13.0. The Labute approximate surface area is 122 Å². The summed E-state index contributed by atoms with van der Waals surface area (Å²) in [4.78, 5) is 12.2. The normalized spacial score (nSPS) is 15.4. The van der Waals surface area contributed by atoms with Gasteiger partial charge in [-0.2, -0.15) is 0 Å². The topological polar surface area (TPSA) is 46.5 Å². The van der Waals surface area contributed by atoms with Crippen LogP contribution in [0.4, 0.5) is 0 Å². The van der Waals surface area contributed by atoms with Crippen LogP contribution >= 0.6 is 0 Å². The van der Waals surface area contributed by atoms with Crippen molar-refractivity contribution >= 4 is 5.97 Å². The molecule has 2 unspecified atom stereocenters. The molecule has 1 aromatic rings. The van der Waals surface area contributed by atoms with Gasteiger partial charge in [0.25, 0.3) is 0 Å². The fourth-order valence-electron chi connectivity index (χ4n) is 2.34. The Hall–Kier alpha value is -1.51. The molecule has 0 saturated carbocycles. The minimum Gasteiger partial charge on any atom is -0.508 e. The molecular formula is C17H26O3. The van der Waals surface area contributed by atoms with Crippen LogP contribution in [-0.2, 0) is 9.53 Å². The Morgan fingerprint density at radius 3 is 2.40 bits per heavy atom. The molecule has 2 atom stereocenters. The van der Waals surface area contributed by atoms with Crippen molar-refractivity contribution in [2.24, 2.45) is 5.41 Å². The lowest BCUT2D eigenvalue weighted by Crippen LogP contribution is -2.31. The molecule has 0 bridgehead atoms. The summed E-state index contributed by atoms with van der Waals surface area (Å²) in [5, 5.41) is 9.33. The lowest BCUT2D eigenvalue weighted by molar-refractivity contribution is -0.155. The van der Waals surface area contributed by atoms with Gasteiger partial charge in [0.1, 0.15) is 5.75 Å². The van der Waals surface area contributed by atoms with Gasteiger partial charge in [-0.3, -0.25) is 4.79 Å². The van der Waals surface area contributed by atoms with Gasteiger partial charge in [-0.05, 0) is 49.8 Å². The second-order valence-electron chi connectivity index (χ2n) is 5.75. The first kappa shape index (κ1) is 16.5. The van der Waals surface area contributed by atoms with Crippen LogP contribution in [0.1, 0.15) is 58.4 Å². The monoisotopic (exact) mass is 278 g/mol. The zero-order valence-electron chi connectivity index (χ0n) is 13.0. The molecule has 0 radical (unpaired) electrons. The fourth-order valence-corrected chi connectivity index (χ4v) is 2.34. The van der Waals surface area contributed by atoms with Gasteiger partial charge in [0.2, 0.25) is 0 Å². The maximum absolute atomic E-state index is 12.2. The number of hydrogen-bond acceptors (Lipinski definition) is 3. The first-order valence-corrected chi connectivity index (χ1v) is 7.39. The molecule has 0 aliphatic carbocycles. The van der Waals surface area contributed by atoms with E-state index in [1.54, 1.807) is 12.1 Å². The molecule has 20 heavy (non-hydrogen) atoms. The minimum atomic E-state index is -0.452. The Morgan fingerprint density at radius 2 is 1.90 bits per heavy atom. The van der Waals surface area contributed by atoms with Gasteiger partial charge in [0, 0.05) is 0 Å². The number of ether oxygens (including phenoxy) is 1. The number of carbonyl (C=O) groups is 1. The summed E-state index contributed by atoms with van der Waals surface area (Å²) in [6.07, 6.45) is 2.36. The van der Waals surface area contributed by atoms with Crippen molar-refractivity contribution in [3.63, 3.8) is 0 Å². The molecule has 3 nitrogen and oxygen atoms in total. The third-order valence-corrected chi connectivity index (χ3v) is 3.93. The summed E-state index contributed by atoms with van der Waals surface area (Å²) in [6, 6.07) is 7.19. The minimum absolute atomic E-state index is 0.104. The highest BCUT2D eigenvalue weighted by Crippen LogP contribution is 2.36. The molecule has 1 aromatic carbocycles. The van der Waals surface area contributed by atoms with Gasteiger partial charge in [-0.1, -0.05) is 32.9 Å². The average molecular weight is 278 g/mol. The van der Waals surface area contributed by atoms with E-state index in [-0.39, 0.29) is 17.6 Å². The van der Waals surface area contributed by atoms with Crippen LogP contribution in [0.3, 0.4) is 0 Å². The lowest BCUT2D eigenvalue weighted by atomic mass is 9.77. The van der Waals surface area contributed by atoms with Crippen molar-refractivity contribution in [1.82, 2.24) is 0 Å². The van der Waals surface area contributed by atoms with Crippen LogP contribution in [0.5, 0.6) is 5.75 Å². The number of carbonyl (C=O) groups excluding carboxylic acids is 1. The Bertz CT molecular complexity index is 424. The van der Waals surface area contributed by atoms with Crippen molar-refractivity contribution in [1.29, 1.82) is 0 Å². The van der Waals surface area contributed by atoms with E-state index in [0.717, 1.165) is 24.8 Å². The number of rotatable bonds is 7. The molecule has 0 aliphatic rings. The van der Waals surface area contributed by atoms with Crippen molar-refractivity contribution in [3.05, 3.63) is 29.8 Å². The standard InChI is InChI=1S/C17H26O3/c1-5-11-20-16(19)17(4,6-2)12-13(3)14-7-9-15(18)10-8-14/h7-10,13,18H,5-6,11-12H2,1-4H3. The Morgan fingerprint density at radius 1 is 1.30 bits per heavy atom. The molecule has 0 saturated heterocycles. The summed E-state index contributed by atoms with van der Waals surface area (Å²) in [6.45, 7) is 8.59. The van der Waals surface area contributed by atoms with Crippen molar-refractivity contribution < 1.29 is 14.6 Å². The zero-order chi connectivity index (χ0) is 15.2. The van der Waals surface area contributed by atoms with Crippen LogP contribution in [0, 0.1) is 5.41 Å². The molecule has 0 amide bonds. The fraction of sp³-hybridized carbons (Fsp3) is 0.588. The van der Waals surface area contributed by atoms with E-state index in [1.807, 2.05) is 32.9 Å². The van der Waals surface area contributed by atoms with Gasteiger partial charge >= 0.3 is 5.97 Å². The summed E-state index contributed by atoms with van der Waals surface area (Å²) < 4.78 is 5.32. The molecular weight excluding hydrogens is 252 g/mol. The highest BCUT2D eigenvalue weighted by Gasteiger charge is 2.34. The predicted octanol–water partition coefficient (Wildman–Crippen LogP) is 4.26. The van der Waals surface area contributed by atoms with E-state index in [0.29, 0.717) is 6.61 Å². The lowest BCUT2D eigenvalue weighted by Gasteiger charge is -2.29. The van der Waals surface area contributed by atoms with Crippen molar-refractivity contribution in [3.8, 4) is 5.75 Å². The van der Waals surface area contributed by atoms with Gasteiger partial charge < -0.3 is 9.84 Å². The van der Waals surface area contributed by atoms with Crippen LogP contribution in [0.15, 0.2) is 24.3 Å². The third kappa shape index (κ3) is 4.26. The van der Waals surface area contributed by atoms with E-state index in [4.69, 9.17) is 4.74 Å². The number of esters is 1. The molecule has 0 fully saturated rings. The Kier molecular flexibility index (Phi) is 6.05. The Balaban J connectivity index is 2.75. The SMILES string of the molecule is CCCOC(=O)C(C)(CC)CC(C)c1ccc(O)cc1.